The van der Waals surface area contributed by atoms with Gasteiger partial charge in [0.1, 0.15) is 0 Å². The summed E-state index contributed by atoms with van der Waals surface area (Å²) in [5.74, 6) is -0.815. The van der Waals surface area contributed by atoms with Gasteiger partial charge in [0.05, 0.1) is 11.6 Å². The van der Waals surface area contributed by atoms with E-state index in [1.807, 2.05) is 54.8 Å². The van der Waals surface area contributed by atoms with Crippen molar-refractivity contribution >= 4 is 34.0 Å². The maximum atomic E-state index is 12.1. The number of carbonyl (C=O) groups is 2. The number of hydrogen-bond acceptors (Lipinski definition) is 4. The van der Waals surface area contributed by atoms with Crippen molar-refractivity contribution in [3.63, 3.8) is 0 Å². The maximum Gasteiger partial charge on any atom is 0.338 e. The van der Waals surface area contributed by atoms with Gasteiger partial charge in [-0.2, -0.15) is 0 Å². The number of hydrogen-bond donors (Lipinski definition) is 1. The Labute approximate surface area is 144 Å². The molecule has 122 valence electrons. The monoisotopic (exact) mass is 339 g/mol. The van der Waals surface area contributed by atoms with Gasteiger partial charge in [0.2, 0.25) is 0 Å². The summed E-state index contributed by atoms with van der Waals surface area (Å²) in [7, 11) is 0. The van der Waals surface area contributed by atoms with Crippen LogP contribution in [0.25, 0.3) is 10.8 Å². The van der Waals surface area contributed by atoms with Gasteiger partial charge in [0.25, 0.3) is 5.91 Å². The highest BCUT2D eigenvalue weighted by atomic mass is 32.1. The van der Waals surface area contributed by atoms with Gasteiger partial charge < -0.3 is 10.1 Å². The smallest absolute Gasteiger partial charge is 0.338 e. The first kappa shape index (κ1) is 16.2. The molecule has 0 aliphatic heterocycles. The lowest BCUT2D eigenvalue weighted by atomic mass is 10.1. The van der Waals surface area contributed by atoms with Crippen molar-refractivity contribution < 1.29 is 14.3 Å². The van der Waals surface area contributed by atoms with Gasteiger partial charge in [-0.25, -0.2) is 4.79 Å². The molecule has 3 aromatic rings. The highest BCUT2D eigenvalue weighted by Crippen LogP contribution is 2.18. The Kier molecular flexibility index (Phi) is 4.91. The molecule has 1 amide bonds. The summed E-state index contributed by atoms with van der Waals surface area (Å²) >= 11 is 1.57. The molecule has 0 fully saturated rings. The second kappa shape index (κ2) is 7.27. The average molecular weight is 339 g/mol. The Morgan fingerprint density at radius 3 is 2.62 bits per heavy atom. The van der Waals surface area contributed by atoms with Gasteiger partial charge >= 0.3 is 5.97 Å². The van der Waals surface area contributed by atoms with Crippen LogP contribution in [-0.4, -0.2) is 18.5 Å². The second-order valence-electron chi connectivity index (χ2n) is 5.44. The molecule has 1 aromatic heterocycles. The van der Waals surface area contributed by atoms with Crippen molar-refractivity contribution in [1.29, 1.82) is 0 Å². The van der Waals surface area contributed by atoms with Crippen LogP contribution in [0.1, 0.15) is 28.2 Å². The number of thiophene rings is 1. The predicted octanol–water partition coefficient (Wildman–Crippen LogP) is 3.94. The molecule has 24 heavy (non-hydrogen) atoms. The van der Waals surface area contributed by atoms with Crippen molar-refractivity contribution in [3.8, 4) is 0 Å². The molecule has 4 nitrogen and oxygen atoms in total. The van der Waals surface area contributed by atoms with Crippen LogP contribution in [-0.2, 0) is 9.53 Å². The number of benzene rings is 2. The van der Waals surface area contributed by atoms with Crippen molar-refractivity contribution in [2.45, 2.75) is 13.0 Å². The predicted molar refractivity (Wildman–Crippen MR) is 95.1 cm³/mol. The summed E-state index contributed by atoms with van der Waals surface area (Å²) in [6, 6.07) is 16.9. The molecule has 1 unspecified atom stereocenters. The van der Waals surface area contributed by atoms with Crippen LogP contribution in [0.15, 0.2) is 60.0 Å². The lowest BCUT2D eigenvalue weighted by Gasteiger charge is -2.12. The standard InChI is InChI=1S/C19H17NO3S/c1-13(17-7-4-10-24-17)20-18(21)12-23-19(22)16-9-8-14-5-2-3-6-15(14)11-16/h2-11,13H,12H2,1H3,(H,20,21). The first-order valence-corrected chi connectivity index (χ1v) is 8.50. The Hall–Kier alpha value is -2.66. The van der Waals surface area contributed by atoms with E-state index in [1.165, 1.54) is 0 Å². The van der Waals surface area contributed by atoms with E-state index in [0.717, 1.165) is 15.6 Å². The molecule has 5 heteroatoms. The van der Waals surface area contributed by atoms with E-state index in [1.54, 1.807) is 23.5 Å². The molecule has 0 radical (unpaired) electrons. The average Bonchev–Trinajstić information content (AvgIpc) is 3.14. The molecule has 0 aliphatic rings. The number of esters is 1. The van der Waals surface area contributed by atoms with Crippen molar-refractivity contribution in [2.75, 3.05) is 6.61 Å². The second-order valence-corrected chi connectivity index (χ2v) is 6.42. The van der Waals surface area contributed by atoms with Crippen molar-refractivity contribution in [2.24, 2.45) is 0 Å². The van der Waals surface area contributed by atoms with E-state index < -0.39 is 5.97 Å². The lowest BCUT2D eigenvalue weighted by molar-refractivity contribution is -0.124. The van der Waals surface area contributed by atoms with Crippen LogP contribution < -0.4 is 5.32 Å². The number of rotatable bonds is 5. The largest absolute Gasteiger partial charge is 0.452 e. The third-order valence-electron chi connectivity index (χ3n) is 3.67. The van der Waals surface area contributed by atoms with Crippen LogP contribution in [0.5, 0.6) is 0 Å². The van der Waals surface area contributed by atoms with E-state index in [-0.39, 0.29) is 18.6 Å². The van der Waals surface area contributed by atoms with Crippen LogP contribution >= 0.6 is 11.3 Å². The van der Waals surface area contributed by atoms with Crippen LogP contribution in [0.3, 0.4) is 0 Å². The van der Waals surface area contributed by atoms with Crippen molar-refractivity contribution in [3.05, 3.63) is 70.4 Å². The summed E-state index contributed by atoms with van der Waals surface area (Å²) in [5.41, 5.74) is 0.438. The lowest BCUT2D eigenvalue weighted by Crippen LogP contribution is -2.30. The number of amides is 1. The summed E-state index contributed by atoms with van der Waals surface area (Å²) in [6.07, 6.45) is 0. The molecular formula is C19H17NO3S. The Bertz CT molecular complexity index is 858. The fourth-order valence-electron chi connectivity index (χ4n) is 2.42. The quantitative estimate of drug-likeness (QED) is 0.717. The SMILES string of the molecule is CC(NC(=O)COC(=O)c1ccc2ccccc2c1)c1cccs1. The molecule has 0 spiro atoms. The minimum absolute atomic E-state index is 0.100. The van der Waals surface area contributed by atoms with Gasteiger partial charge in [-0.3, -0.25) is 4.79 Å². The summed E-state index contributed by atoms with van der Waals surface area (Å²) in [4.78, 5) is 25.1. The molecule has 0 aliphatic carbocycles. The van der Waals surface area contributed by atoms with Crippen LogP contribution in [0.2, 0.25) is 0 Å². The van der Waals surface area contributed by atoms with Gasteiger partial charge in [-0.1, -0.05) is 36.4 Å². The summed E-state index contributed by atoms with van der Waals surface area (Å²) in [5, 5.41) is 6.78. The topological polar surface area (TPSA) is 55.4 Å². The first-order valence-electron chi connectivity index (χ1n) is 7.62. The van der Waals surface area contributed by atoms with Crippen molar-refractivity contribution in [1.82, 2.24) is 5.32 Å². The van der Waals surface area contributed by atoms with Gasteiger partial charge in [-0.05, 0) is 41.3 Å². The molecule has 1 N–H and O–H groups in total. The molecule has 0 saturated heterocycles. The van der Waals surface area contributed by atoms with Gasteiger partial charge in [0.15, 0.2) is 6.61 Å². The number of nitrogens with one attached hydrogen (secondary N) is 1. The fourth-order valence-corrected chi connectivity index (χ4v) is 3.16. The molecule has 1 heterocycles. The molecule has 0 saturated carbocycles. The fraction of sp³-hybridized carbons (Fsp3) is 0.158. The zero-order valence-electron chi connectivity index (χ0n) is 13.2. The van der Waals surface area contributed by atoms with Crippen LogP contribution in [0, 0.1) is 0 Å². The maximum absolute atomic E-state index is 12.1. The minimum Gasteiger partial charge on any atom is -0.452 e. The third-order valence-corrected chi connectivity index (χ3v) is 4.72. The molecule has 2 aromatic carbocycles. The van der Waals surface area contributed by atoms with E-state index in [0.29, 0.717) is 5.56 Å². The normalized spacial score (nSPS) is 11.9. The molecular weight excluding hydrogens is 322 g/mol. The zero-order chi connectivity index (χ0) is 16.9. The number of carbonyl (C=O) groups excluding carboxylic acids is 2. The number of fused-ring (bicyclic) bond motifs is 1. The first-order chi connectivity index (χ1) is 11.6. The van der Waals surface area contributed by atoms with E-state index >= 15 is 0 Å². The molecule has 1 atom stereocenters. The van der Waals surface area contributed by atoms with E-state index in [4.69, 9.17) is 4.74 Å². The summed E-state index contributed by atoms with van der Waals surface area (Å²) < 4.78 is 5.11. The highest BCUT2D eigenvalue weighted by molar-refractivity contribution is 7.10. The molecule has 3 rings (SSSR count). The Morgan fingerprint density at radius 2 is 1.88 bits per heavy atom. The van der Waals surface area contributed by atoms with Crippen LogP contribution in [0.4, 0.5) is 0 Å². The van der Waals surface area contributed by atoms with E-state index in [9.17, 15) is 9.59 Å². The van der Waals surface area contributed by atoms with Gasteiger partial charge in [-0.15, -0.1) is 11.3 Å². The molecule has 0 bridgehead atoms. The number of ether oxygens (including phenoxy) is 1. The van der Waals surface area contributed by atoms with E-state index in [2.05, 4.69) is 5.32 Å². The third kappa shape index (κ3) is 3.81. The van der Waals surface area contributed by atoms with Gasteiger partial charge in [0, 0.05) is 4.88 Å². The summed E-state index contributed by atoms with van der Waals surface area (Å²) in [6.45, 7) is 1.61. The zero-order valence-corrected chi connectivity index (χ0v) is 14.0. The minimum atomic E-state index is -0.500. The Balaban J connectivity index is 1.57. The highest BCUT2D eigenvalue weighted by Gasteiger charge is 2.13. The Morgan fingerprint density at radius 1 is 1.08 bits per heavy atom.